The second-order valence-electron chi connectivity index (χ2n) is 7.20. The van der Waals surface area contributed by atoms with Crippen LogP contribution in [-0.2, 0) is 13.1 Å². The number of nitrogens with one attached hydrogen (secondary N) is 2. The summed E-state index contributed by atoms with van der Waals surface area (Å²) in [6, 6.07) is 11.3. The van der Waals surface area contributed by atoms with E-state index in [1.165, 1.54) is 11.6 Å². The van der Waals surface area contributed by atoms with Gasteiger partial charge in [-0.25, -0.2) is 4.39 Å². The lowest BCUT2D eigenvalue weighted by atomic mass is 10.0. The van der Waals surface area contributed by atoms with Gasteiger partial charge in [-0.1, -0.05) is 23.8 Å². The Morgan fingerprint density at radius 3 is 2.55 bits per heavy atom. The number of nitrogens with zero attached hydrogens (tertiary/aromatic N) is 2. The van der Waals surface area contributed by atoms with Crippen LogP contribution < -0.4 is 15.4 Å². The maximum Gasteiger partial charge on any atom is 0.191 e. The Hall–Kier alpha value is -1.87. The Bertz CT molecular complexity index is 826. The van der Waals surface area contributed by atoms with E-state index in [9.17, 15) is 4.39 Å². The molecule has 0 saturated carbocycles. The molecule has 0 aliphatic carbocycles. The van der Waals surface area contributed by atoms with E-state index in [4.69, 9.17) is 4.74 Å². The molecule has 5 nitrogen and oxygen atoms in total. The largest absolute Gasteiger partial charge is 0.496 e. The fourth-order valence-corrected chi connectivity index (χ4v) is 3.06. The molecule has 2 aromatic carbocycles. The predicted molar refractivity (Wildman–Crippen MR) is 129 cm³/mol. The van der Waals surface area contributed by atoms with Gasteiger partial charge in [0.2, 0.25) is 0 Å². The third-order valence-electron chi connectivity index (χ3n) is 4.49. The van der Waals surface area contributed by atoms with Gasteiger partial charge in [0.15, 0.2) is 5.96 Å². The zero-order chi connectivity index (χ0) is 20.7. The average Bonchev–Trinajstić information content (AvgIpc) is 2.66. The van der Waals surface area contributed by atoms with E-state index in [2.05, 4.69) is 35.5 Å². The Balaban J connectivity index is 0.00000420. The Morgan fingerprint density at radius 1 is 1.21 bits per heavy atom. The highest BCUT2D eigenvalue weighted by atomic mass is 127. The van der Waals surface area contributed by atoms with Crippen LogP contribution in [0.4, 0.5) is 4.39 Å². The van der Waals surface area contributed by atoms with Crippen molar-refractivity contribution in [1.29, 1.82) is 0 Å². The normalized spacial score (nSPS) is 12.3. The molecule has 0 spiro atoms. The third kappa shape index (κ3) is 7.47. The summed E-state index contributed by atoms with van der Waals surface area (Å²) < 4.78 is 19.4. The van der Waals surface area contributed by atoms with E-state index < -0.39 is 0 Å². The zero-order valence-corrected chi connectivity index (χ0v) is 20.4. The van der Waals surface area contributed by atoms with E-state index in [0.717, 1.165) is 16.9 Å². The Morgan fingerprint density at radius 2 is 1.93 bits per heavy atom. The number of aryl methyl sites for hydroxylation is 1. The Kier molecular flexibility index (Phi) is 10.4. The summed E-state index contributed by atoms with van der Waals surface area (Å²) in [6.07, 6.45) is 0. The minimum absolute atomic E-state index is 0. The number of guanidine groups is 1. The number of hydrogen-bond donors (Lipinski definition) is 2. The SMILES string of the molecule is CN=C(NCc1ccc(F)c(CN(C)C)c1)NC(C)c1cc(C)ccc1OC.I. The molecule has 2 rings (SSSR count). The van der Waals surface area contributed by atoms with Gasteiger partial charge in [0.05, 0.1) is 13.2 Å². The van der Waals surface area contributed by atoms with Crippen molar-refractivity contribution in [2.45, 2.75) is 33.0 Å². The van der Waals surface area contributed by atoms with Crippen molar-refractivity contribution in [1.82, 2.24) is 15.5 Å². The number of methoxy groups -OCH3 is 1. The molecule has 0 fully saturated rings. The molecule has 0 saturated heterocycles. The van der Waals surface area contributed by atoms with Crippen molar-refractivity contribution in [3.05, 3.63) is 64.5 Å². The van der Waals surface area contributed by atoms with Crippen LogP contribution in [0, 0.1) is 12.7 Å². The molecular weight excluding hydrogens is 482 g/mol. The van der Waals surface area contributed by atoms with Crippen molar-refractivity contribution in [2.75, 3.05) is 28.3 Å². The van der Waals surface area contributed by atoms with E-state index in [1.807, 2.05) is 37.2 Å². The molecule has 0 aliphatic rings. The van der Waals surface area contributed by atoms with Crippen LogP contribution in [0.15, 0.2) is 41.4 Å². The van der Waals surface area contributed by atoms with Crippen LogP contribution in [0.3, 0.4) is 0 Å². The van der Waals surface area contributed by atoms with Crippen molar-refractivity contribution < 1.29 is 9.13 Å². The molecule has 7 heteroatoms. The molecule has 0 aromatic heterocycles. The van der Waals surface area contributed by atoms with Gasteiger partial charge in [0.25, 0.3) is 0 Å². The number of halogens is 2. The first-order chi connectivity index (χ1) is 13.3. The van der Waals surface area contributed by atoms with Gasteiger partial charge >= 0.3 is 0 Å². The van der Waals surface area contributed by atoms with E-state index >= 15 is 0 Å². The number of ether oxygens (including phenoxy) is 1. The van der Waals surface area contributed by atoms with Gasteiger partial charge in [0.1, 0.15) is 11.6 Å². The maximum atomic E-state index is 14.0. The molecule has 0 amide bonds. The molecule has 0 radical (unpaired) electrons. The number of hydrogen-bond acceptors (Lipinski definition) is 3. The maximum absolute atomic E-state index is 14.0. The summed E-state index contributed by atoms with van der Waals surface area (Å²) in [5.74, 6) is 1.34. The quantitative estimate of drug-likeness (QED) is 0.330. The van der Waals surface area contributed by atoms with E-state index in [0.29, 0.717) is 24.6 Å². The minimum atomic E-state index is -0.180. The molecule has 2 aromatic rings. The summed E-state index contributed by atoms with van der Waals surface area (Å²) in [5, 5.41) is 6.69. The monoisotopic (exact) mass is 514 g/mol. The first-order valence-corrected chi connectivity index (χ1v) is 9.37. The molecule has 0 heterocycles. The molecule has 0 bridgehead atoms. The average molecular weight is 514 g/mol. The highest BCUT2D eigenvalue weighted by Gasteiger charge is 2.13. The van der Waals surface area contributed by atoms with Gasteiger partial charge in [0, 0.05) is 31.3 Å². The fraction of sp³-hybridized carbons (Fsp3) is 0.409. The lowest BCUT2D eigenvalue weighted by Gasteiger charge is -2.21. The van der Waals surface area contributed by atoms with Gasteiger partial charge in [-0.15, -0.1) is 24.0 Å². The first kappa shape index (κ1) is 25.2. The molecule has 2 N–H and O–H groups in total. The highest BCUT2D eigenvalue weighted by molar-refractivity contribution is 14.0. The van der Waals surface area contributed by atoms with Crippen LogP contribution in [0.5, 0.6) is 5.75 Å². The van der Waals surface area contributed by atoms with E-state index in [1.54, 1.807) is 20.2 Å². The highest BCUT2D eigenvalue weighted by Crippen LogP contribution is 2.26. The molecule has 0 aliphatic heterocycles. The summed E-state index contributed by atoms with van der Waals surface area (Å²) in [6.45, 7) is 5.24. The molecule has 1 unspecified atom stereocenters. The standard InChI is InChI=1S/C22H31FN4O.HI/c1-15-7-10-21(28-6)19(11-15)16(2)26-22(24-3)25-13-17-8-9-20(23)18(12-17)14-27(4)5;/h7-12,16H,13-14H2,1-6H3,(H2,24,25,26);1H. The minimum Gasteiger partial charge on any atom is -0.496 e. The van der Waals surface area contributed by atoms with Crippen molar-refractivity contribution in [3.63, 3.8) is 0 Å². The third-order valence-corrected chi connectivity index (χ3v) is 4.49. The van der Waals surface area contributed by atoms with Crippen LogP contribution in [-0.4, -0.2) is 39.1 Å². The van der Waals surface area contributed by atoms with Crippen molar-refractivity contribution in [2.24, 2.45) is 4.99 Å². The van der Waals surface area contributed by atoms with Crippen LogP contribution in [0.25, 0.3) is 0 Å². The molecule has 160 valence electrons. The van der Waals surface area contributed by atoms with Crippen molar-refractivity contribution >= 4 is 29.9 Å². The second kappa shape index (κ2) is 12.0. The number of benzene rings is 2. The predicted octanol–water partition coefficient (Wildman–Crippen LogP) is 4.25. The summed E-state index contributed by atoms with van der Waals surface area (Å²) in [7, 11) is 7.26. The van der Waals surface area contributed by atoms with Gasteiger partial charge < -0.3 is 20.3 Å². The lowest BCUT2D eigenvalue weighted by molar-refractivity contribution is 0.392. The van der Waals surface area contributed by atoms with Crippen molar-refractivity contribution in [3.8, 4) is 5.75 Å². The topological polar surface area (TPSA) is 48.9 Å². The molecule has 1 atom stereocenters. The van der Waals surface area contributed by atoms with Gasteiger partial charge in [-0.3, -0.25) is 4.99 Å². The van der Waals surface area contributed by atoms with Gasteiger partial charge in [-0.05, 0) is 51.7 Å². The van der Waals surface area contributed by atoms with Crippen LogP contribution in [0.1, 0.15) is 35.2 Å². The summed E-state index contributed by atoms with van der Waals surface area (Å²) >= 11 is 0. The zero-order valence-electron chi connectivity index (χ0n) is 18.0. The molecular formula is C22H32FIN4O. The van der Waals surface area contributed by atoms with E-state index in [-0.39, 0.29) is 35.8 Å². The number of rotatable bonds is 7. The number of aliphatic imine (C=N–C) groups is 1. The lowest BCUT2D eigenvalue weighted by Crippen LogP contribution is -2.38. The summed E-state index contributed by atoms with van der Waals surface area (Å²) in [4.78, 5) is 6.26. The summed E-state index contributed by atoms with van der Waals surface area (Å²) in [5.41, 5.74) is 3.93. The van der Waals surface area contributed by atoms with Crippen LogP contribution >= 0.6 is 24.0 Å². The Labute approximate surface area is 190 Å². The fourth-order valence-electron chi connectivity index (χ4n) is 3.06. The smallest absolute Gasteiger partial charge is 0.191 e. The first-order valence-electron chi connectivity index (χ1n) is 9.37. The van der Waals surface area contributed by atoms with Gasteiger partial charge in [-0.2, -0.15) is 0 Å². The van der Waals surface area contributed by atoms with Crippen LogP contribution in [0.2, 0.25) is 0 Å². The second-order valence-corrected chi connectivity index (χ2v) is 7.20. The molecule has 29 heavy (non-hydrogen) atoms.